The third kappa shape index (κ3) is 5.24. The number of anilines is 2. The Labute approximate surface area is 222 Å². The summed E-state index contributed by atoms with van der Waals surface area (Å²) < 4.78 is 5.82. The second kappa shape index (κ2) is 11.0. The first kappa shape index (κ1) is 25.4. The number of non-ortho nitro benzene ring substituents is 1. The van der Waals surface area contributed by atoms with E-state index < -0.39 is 11.2 Å². The molecule has 0 spiro atoms. The zero-order valence-corrected chi connectivity index (χ0v) is 21.1. The molecule has 0 aromatic heterocycles. The first-order valence-electron chi connectivity index (χ1n) is 12.0. The number of ether oxygens (including phenoxy) is 1. The van der Waals surface area contributed by atoms with E-state index in [2.05, 4.69) is 0 Å². The summed E-state index contributed by atoms with van der Waals surface area (Å²) in [5.74, 6) is -0.315. The van der Waals surface area contributed by atoms with Gasteiger partial charge in [-0.3, -0.25) is 29.4 Å². The lowest BCUT2D eigenvalue weighted by molar-refractivity contribution is -0.384. The normalized spacial score (nSPS) is 17.2. The first-order valence-corrected chi connectivity index (χ1v) is 12.8. The molecule has 2 aliphatic rings. The lowest BCUT2D eigenvalue weighted by Gasteiger charge is -2.38. The summed E-state index contributed by atoms with van der Waals surface area (Å²) in [5.41, 5.74) is 2.42. The molecule has 10 nitrogen and oxygen atoms in total. The summed E-state index contributed by atoms with van der Waals surface area (Å²) >= 11 is 0.633. The van der Waals surface area contributed by atoms with Crippen LogP contribution in [0.4, 0.5) is 21.9 Å². The molecule has 38 heavy (non-hydrogen) atoms. The highest BCUT2D eigenvalue weighted by Gasteiger charge is 2.40. The zero-order valence-electron chi connectivity index (χ0n) is 20.3. The Kier molecular flexibility index (Phi) is 7.38. The summed E-state index contributed by atoms with van der Waals surface area (Å²) in [4.78, 5) is 53.8. The molecule has 1 saturated heterocycles. The van der Waals surface area contributed by atoms with E-state index >= 15 is 0 Å². The minimum absolute atomic E-state index is 0.145. The van der Waals surface area contributed by atoms with Crippen molar-refractivity contribution >= 4 is 45.1 Å². The van der Waals surface area contributed by atoms with Crippen LogP contribution >= 0.6 is 11.8 Å². The molecular formula is C27H24N4O6S. The molecule has 0 aliphatic carbocycles. The topological polar surface area (TPSA) is 113 Å². The van der Waals surface area contributed by atoms with Crippen molar-refractivity contribution in [2.75, 3.05) is 24.7 Å². The van der Waals surface area contributed by atoms with Crippen molar-refractivity contribution in [3.05, 3.63) is 100 Å². The number of carbonyl (C=O) groups excluding carboxylic acids is 3. The summed E-state index contributed by atoms with van der Waals surface area (Å²) in [7, 11) is 0. The molecule has 3 aromatic carbocycles. The molecule has 2 heterocycles. The number of nitrogens with zero attached hydrogens (tertiary/aromatic N) is 4. The average molecular weight is 533 g/mol. The molecule has 2 aliphatic heterocycles. The van der Waals surface area contributed by atoms with Gasteiger partial charge in [-0.15, -0.1) is 0 Å². The zero-order chi connectivity index (χ0) is 26.6. The van der Waals surface area contributed by atoms with Gasteiger partial charge in [-0.2, -0.15) is 0 Å². The molecule has 1 fully saturated rings. The predicted molar refractivity (Wildman–Crippen MR) is 142 cm³/mol. The molecule has 5 rings (SSSR count). The van der Waals surface area contributed by atoms with E-state index in [4.69, 9.17) is 4.74 Å². The Morgan fingerprint density at radius 1 is 0.974 bits per heavy atom. The van der Waals surface area contributed by atoms with Gasteiger partial charge in [0.25, 0.3) is 16.8 Å². The number of amides is 2. The number of para-hydroxylation sites is 1. The SMILES string of the molecule is O=C1SC(=O)N(Cc2ccccc2)C1OCCCN1CN(c2ccccc2)c2ccc([N+](=O)[O-])cc2C1=O. The van der Waals surface area contributed by atoms with Crippen molar-refractivity contribution in [2.24, 2.45) is 0 Å². The Morgan fingerprint density at radius 2 is 1.68 bits per heavy atom. The highest BCUT2D eigenvalue weighted by Crippen LogP contribution is 2.35. The highest BCUT2D eigenvalue weighted by atomic mass is 32.2. The lowest BCUT2D eigenvalue weighted by atomic mass is 10.1. The largest absolute Gasteiger partial charge is 0.350 e. The molecule has 2 amide bonds. The predicted octanol–water partition coefficient (Wildman–Crippen LogP) is 4.77. The molecule has 0 saturated carbocycles. The molecule has 0 radical (unpaired) electrons. The second-order valence-electron chi connectivity index (χ2n) is 8.81. The van der Waals surface area contributed by atoms with Crippen molar-refractivity contribution in [1.82, 2.24) is 9.80 Å². The summed E-state index contributed by atoms with van der Waals surface area (Å²) in [5, 5.41) is 10.6. The van der Waals surface area contributed by atoms with E-state index in [1.165, 1.54) is 17.0 Å². The van der Waals surface area contributed by atoms with Crippen molar-refractivity contribution in [2.45, 2.75) is 19.2 Å². The van der Waals surface area contributed by atoms with Crippen molar-refractivity contribution in [3.63, 3.8) is 0 Å². The average Bonchev–Trinajstić information content (AvgIpc) is 3.20. The van der Waals surface area contributed by atoms with Crippen molar-refractivity contribution in [1.29, 1.82) is 0 Å². The molecular weight excluding hydrogens is 508 g/mol. The van der Waals surface area contributed by atoms with Gasteiger partial charge in [-0.25, -0.2) is 0 Å². The van der Waals surface area contributed by atoms with E-state index in [0.717, 1.165) is 11.3 Å². The Morgan fingerprint density at radius 3 is 2.39 bits per heavy atom. The van der Waals surface area contributed by atoms with E-state index in [-0.39, 0.29) is 47.3 Å². The molecule has 0 N–H and O–H groups in total. The Balaban J connectivity index is 1.27. The third-order valence-corrected chi connectivity index (χ3v) is 7.14. The number of fused-ring (bicyclic) bond motifs is 1. The maximum atomic E-state index is 13.3. The summed E-state index contributed by atoms with van der Waals surface area (Å²) in [6.45, 7) is 0.956. The number of carbonyl (C=O) groups is 3. The van der Waals surface area contributed by atoms with Gasteiger partial charge < -0.3 is 14.5 Å². The van der Waals surface area contributed by atoms with E-state index in [0.29, 0.717) is 30.4 Å². The quantitative estimate of drug-likeness (QED) is 0.220. The molecule has 3 aromatic rings. The molecule has 11 heteroatoms. The third-order valence-electron chi connectivity index (χ3n) is 6.33. The number of rotatable bonds is 9. The van der Waals surface area contributed by atoms with Gasteiger partial charge in [0.15, 0.2) is 0 Å². The van der Waals surface area contributed by atoms with Gasteiger partial charge >= 0.3 is 0 Å². The van der Waals surface area contributed by atoms with E-state index in [1.54, 1.807) is 11.0 Å². The molecule has 1 atom stereocenters. The summed E-state index contributed by atoms with van der Waals surface area (Å²) in [6.07, 6.45) is -0.588. The number of nitro groups is 1. The minimum atomic E-state index is -0.992. The van der Waals surface area contributed by atoms with E-state index in [9.17, 15) is 24.5 Å². The number of benzene rings is 3. The molecule has 194 valence electrons. The maximum Gasteiger partial charge on any atom is 0.292 e. The van der Waals surface area contributed by atoms with Gasteiger partial charge in [0, 0.05) is 42.7 Å². The Hall–Kier alpha value is -4.22. The van der Waals surface area contributed by atoms with Gasteiger partial charge in [0.05, 0.1) is 29.4 Å². The highest BCUT2D eigenvalue weighted by molar-refractivity contribution is 8.26. The Bertz CT molecular complexity index is 1370. The monoisotopic (exact) mass is 532 g/mol. The van der Waals surface area contributed by atoms with Crippen LogP contribution in [-0.4, -0.2) is 57.0 Å². The first-order chi connectivity index (χ1) is 18.4. The lowest BCUT2D eigenvalue weighted by Crippen LogP contribution is -2.45. The van der Waals surface area contributed by atoms with E-state index in [1.807, 2.05) is 65.6 Å². The maximum absolute atomic E-state index is 13.3. The van der Waals surface area contributed by atoms with Crippen LogP contribution in [0.2, 0.25) is 0 Å². The number of thioether (sulfide) groups is 1. The van der Waals surface area contributed by atoms with Crippen LogP contribution < -0.4 is 4.90 Å². The minimum Gasteiger partial charge on any atom is -0.350 e. The van der Waals surface area contributed by atoms with Crippen LogP contribution in [-0.2, 0) is 16.1 Å². The molecule has 0 bridgehead atoms. The number of hydrogen-bond donors (Lipinski definition) is 0. The van der Waals surface area contributed by atoms with Crippen LogP contribution in [0.3, 0.4) is 0 Å². The number of nitro benzene ring substituents is 1. The fraction of sp³-hybridized carbons (Fsp3) is 0.222. The van der Waals surface area contributed by atoms with Gasteiger partial charge in [0.1, 0.15) is 0 Å². The fourth-order valence-electron chi connectivity index (χ4n) is 4.48. The van der Waals surface area contributed by atoms with Crippen molar-refractivity contribution < 1.29 is 24.0 Å². The van der Waals surface area contributed by atoms with Crippen LogP contribution in [0.1, 0.15) is 22.3 Å². The van der Waals surface area contributed by atoms with Crippen LogP contribution in [0.25, 0.3) is 0 Å². The number of hydrogen-bond acceptors (Lipinski definition) is 8. The fourth-order valence-corrected chi connectivity index (χ4v) is 5.23. The summed E-state index contributed by atoms with van der Waals surface area (Å²) in [6, 6.07) is 23.1. The van der Waals surface area contributed by atoms with Crippen LogP contribution in [0.15, 0.2) is 78.9 Å². The van der Waals surface area contributed by atoms with Gasteiger partial charge in [-0.05, 0) is 30.2 Å². The van der Waals surface area contributed by atoms with Crippen molar-refractivity contribution in [3.8, 4) is 0 Å². The van der Waals surface area contributed by atoms with Gasteiger partial charge in [0.2, 0.25) is 11.3 Å². The standard InChI is InChI=1S/C27H24N4O6S/c32-24-22-16-21(31(35)36)12-13-23(22)30(20-10-5-2-6-11-20)18-28(24)14-7-15-37-25-26(33)38-27(34)29(25)17-19-8-3-1-4-9-19/h1-6,8-13,16,25H,7,14-15,17-18H2. The van der Waals surface area contributed by atoms with Gasteiger partial charge in [-0.1, -0.05) is 48.5 Å². The second-order valence-corrected chi connectivity index (χ2v) is 9.77. The van der Waals surface area contributed by atoms with Crippen LogP contribution in [0.5, 0.6) is 0 Å². The molecule has 1 unspecified atom stereocenters. The van der Waals surface area contributed by atoms with Crippen LogP contribution in [0, 0.1) is 10.1 Å². The smallest absolute Gasteiger partial charge is 0.292 e.